The van der Waals surface area contributed by atoms with Crippen LogP contribution in [0.25, 0.3) is 0 Å². The number of hydrogen-bond donors (Lipinski definition) is 1. The summed E-state index contributed by atoms with van der Waals surface area (Å²) >= 11 is 0. The molecule has 1 N–H and O–H groups in total. The lowest BCUT2D eigenvalue weighted by molar-refractivity contribution is 0.0600. The quantitative estimate of drug-likeness (QED) is 0.709. The van der Waals surface area contributed by atoms with Crippen LogP contribution in [-0.4, -0.2) is 34.7 Å². The van der Waals surface area contributed by atoms with E-state index in [4.69, 9.17) is 9.47 Å². The predicted molar refractivity (Wildman–Crippen MR) is 97.4 cm³/mol. The van der Waals surface area contributed by atoms with Crippen molar-refractivity contribution < 1.29 is 27.4 Å². The van der Waals surface area contributed by atoms with Gasteiger partial charge in [-0.3, -0.25) is 4.72 Å². The van der Waals surface area contributed by atoms with E-state index in [1.807, 2.05) is 13.8 Å². The number of methoxy groups -OCH3 is 1. The molecule has 2 rings (SSSR count). The Morgan fingerprint density at radius 3 is 2.35 bits per heavy atom. The molecule has 2 aromatic rings. The molecule has 0 aromatic heterocycles. The fourth-order valence-electron chi connectivity index (χ4n) is 2.24. The first kappa shape index (κ1) is 19.6. The summed E-state index contributed by atoms with van der Waals surface area (Å²) in [5, 5.41) is 0. The van der Waals surface area contributed by atoms with E-state index in [1.54, 1.807) is 18.2 Å². The van der Waals surface area contributed by atoms with Gasteiger partial charge in [-0.05, 0) is 44.2 Å². The molecule has 26 heavy (non-hydrogen) atoms. The molecule has 0 fully saturated rings. The van der Waals surface area contributed by atoms with Crippen LogP contribution in [0.5, 0.6) is 11.5 Å². The molecule has 0 atom stereocenters. The Hall–Kier alpha value is -2.74. The molecule has 8 heteroatoms. The van der Waals surface area contributed by atoms with Gasteiger partial charge in [0.05, 0.1) is 36.5 Å². The van der Waals surface area contributed by atoms with Crippen LogP contribution >= 0.6 is 0 Å². The third-order valence-electron chi connectivity index (χ3n) is 3.36. The van der Waals surface area contributed by atoms with Crippen molar-refractivity contribution in [3.05, 3.63) is 48.0 Å². The third kappa shape index (κ3) is 4.66. The molecule has 0 radical (unpaired) electrons. The van der Waals surface area contributed by atoms with Gasteiger partial charge in [0.25, 0.3) is 10.0 Å². The average Bonchev–Trinajstić information content (AvgIpc) is 2.63. The second-order valence-electron chi connectivity index (χ2n) is 5.15. The molecule has 140 valence electrons. The van der Waals surface area contributed by atoms with Gasteiger partial charge in [-0.2, -0.15) is 0 Å². The summed E-state index contributed by atoms with van der Waals surface area (Å²) in [6, 6.07) is 10.4. The molecule has 0 spiro atoms. The van der Waals surface area contributed by atoms with Crippen LogP contribution in [-0.2, 0) is 14.8 Å². The average molecular weight is 379 g/mol. The van der Waals surface area contributed by atoms with Crippen molar-refractivity contribution in [3.8, 4) is 11.5 Å². The predicted octanol–water partition coefficient (Wildman–Crippen LogP) is 3.07. The van der Waals surface area contributed by atoms with E-state index in [2.05, 4.69) is 9.46 Å². The summed E-state index contributed by atoms with van der Waals surface area (Å²) in [7, 11) is -2.66. The smallest absolute Gasteiger partial charge is 0.337 e. The monoisotopic (exact) mass is 379 g/mol. The lowest BCUT2D eigenvalue weighted by atomic mass is 10.2. The first-order chi connectivity index (χ1) is 12.4. The minimum absolute atomic E-state index is 0.0488. The first-order valence-electron chi connectivity index (χ1n) is 8.02. The number of carbonyl (C=O) groups is 1. The summed E-state index contributed by atoms with van der Waals surface area (Å²) in [5.74, 6) is 0.365. The van der Waals surface area contributed by atoms with Gasteiger partial charge in [-0.1, -0.05) is 6.07 Å². The number of carbonyl (C=O) groups excluding carboxylic acids is 1. The molecule has 0 heterocycles. The fraction of sp³-hybridized carbons (Fsp3) is 0.278. The Morgan fingerprint density at radius 2 is 1.69 bits per heavy atom. The van der Waals surface area contributed by atoms with Crippen molar-refractivity contribution in [1.82, 2.24) is 0 Å². The minimum Gasteiger partial charge on any atom is -0.490 e. The molecular weight excluding hydrogens is 358 g/mol. The molecule has 0 aliphatic heterocycles. The molecule has 0 bridgehead atoms. The van der Waals surface area contributed by atoms with Crippen LogP contribution in [0.15, 0.2) is 47.4 Å². The fourth-order valence-corrected chi connectivity index (χ4v) is 3.33. The number of rotatable bonds is 8. The maximum atomic E-state index is 12.6. The second kappa shape index (κ2) is 8.57. The van der Waals surface area contributed by atoms with Crippen LogP contribution < -0.4 is 14.2 Å². The minimum atomic E-state index is -3.89. The number of ether oxygens (including phenoxy) is 3. The van der Waals surface area contributed by atoms with E-state index in [-0.39, 0.29) is 10.5 Å². The third-order valence-corrected chi connectivity index (χ3v) is 4.74. The summed E-state index contributed by atoms with van der Waals surface area (Å²) in [4.78, 5) is 11.5. The molecule has 2 aromatic carbocycles. The molecule has 0 aliphatic carbocycles. The zero-order chi connectivity index (χ0) is 19.2. The highest BCUT2D eigenvalue weighted by Crippen LogP contribution is 2.31. The molecule has 7 nitrogen and oxygen atoms in total. The van der Waals surface area contributed by atoms with Gasteiger partial charge >= 0.3 is 5.97 Å². The highest BCUT2D eigenvalue weighted by Gasteiger charge is 2.18. The summed E-state index contributed by atoms with van der Waals surface area (Å²) in [6.45, 7) is 4.55. The Balaban J connectivity index is 2.31. The van der Waals surface area contributed by atoms with Crippen molar-refractivity contribution in [1.29, 1.82) is 0 Å². The normalized spacial score (nSPS) is 10.9. The maximum Gasteiger partial charge on any atom is 0.337 e. The van der Waals surface area contributed by atoms with Gasteiger partial charge in [0, 0.05) is 6.07 Å². The van der Waals surface area contributed by atoms with E-state index >= 15 is 0 Å². The van der Waals surface area contributed by atoms with Gasteiger partial charge in [0.1, 0.15) is 0 Å². The highest BCUT2D eigenvalue weighted by molar-refractivity contribution is 7.92. The number of nitrogens with one attached hydrogen (secondary N) is 1. The van der Waals surface area contributed by atoms with Gasteiger partial charge in [0.2, 0.25) is 0 Å². The number of hydrogen-bond acceptors (Lipinski definition) is 6. The van der Waals surface area contributed by atoms with Crippen LogP contribution in [0, 0.1) is 0 Å². The van der Waals surface area contributed by atoms with E-state index in [0.29, 0.717) is 30.4 Å². The van der Waals surface area contributed by atoms with E-state index in [0.717, 1.165) is 0 Å². The molecule has 0 unspecified atom stereocenters. The lowest BCUT2D eigenvalue weighted by Gasteiger charge is -2.14. The molecular formula is C18H21NO6S. The summed E-state index contributed by atoms with van der Waals surface area (Å²) < 4.78 is 43.3. The van der Waals surface area contributed by atoms with Crippen molar-refractivity contribution in [2.45, 2.75) is 18.7 Å². The molecule has 0 saturated heterocycles. The Labute approximate surface area is 152 Å². The number of sulfonamides is 1. The molecule has 0 saturated carbocycles. The second-order valence-corrected chi connectivity index (χ2v) is 6.83. The van der Waals surface area contributed by atoms with Crippen LogP contribution in [0.1, 0.15) is 24.2 Å². The van der Waals surface area contributed by atoms with Crippen molar-refractivity contribution in [3.63, 3.8) is 0 Å². The summed E-state index contributed by atoms with van der Waals surface area (Å²) in [6.07, 6.45) is 0. The number of anilines is 1. The Morgan fingerprint density at radius 1 is 1.00 bits per heavy atom. The van der Waals surface area contributed by atoms with Crippen molar-refractivity contribution in [2.24, 2.45) is 0 Å². The van der Waals surface area contributed by atoms with E-state index in [9.17, 15) is 13.2 Å². The largest absolute Gasteiger partial charge is 0.490 e. The SMILES string of the molecule is CCOc1ccc(NS(=O)(=O)c2cccc(C(=O)OC)c2)cc1OCC. The maximum absolute atomic E-state index is 12.6. The number of benzene rings is 2. The molecule has 0 aliphatic rings. The van der Waals surface area contributed by atoms with Gasteiger partial charge in [-0.25, -0.2) is 13.2 Å². The van der Waals surface area contributed by atoms with E-state index in [1.165, 1.54) is 31.4 Å². The Bertz CT molecular complexity index is 879. The van der Waals surface area contributed by atoms with E-state index < -0.39 is 16.0 Å². The zero-order valence-corrected chi connectivity index (χ0v) is 15.6. The zero-order valence-electron chi connectivity index (χ0n) is 14.8. The first-order valence-corrected chi connectivity index (χ1v) is 9.50. The van der Waals surface area contributed by atoms with Gasteiger partial charge in [-0.15, -0.1) is 0 Å². The standard InChI is InChI=1S/C18H21NO6S/c1-4-24-16-10-9-14(12-17(16)25-5-2)19-26(21,22)15-8-6-7-13(11-15)18(20)23-3/h6-12,19H,4-5H2,1-3H3. The van der Waals surface area contributed by atoms with Crippen LogP contribution in [0.3, 0.4) is 0 Å². The number of esters is 1. The highest BCUT2D eigenvalue weighted by atomic mass is 32.2. The molecule has 0 amide bonds. The summed E-state index contributed by atoms with van der Waals surface area (Å²) in [5.41, 5.74) is 0.470. The topological polar surface area (TPSA) is 90.9 Å². The van der Waals surface area contributed by atoms with Crippen LogP contribution in [0.4, 0.5) is 5.69 Å². The van der Waals surface area contributed by atoms with Crippen LogP contribution in [0.2, 0.25) is 0 Å². The lowest BCUT2D eigenvalue weighted by Crippen LogP contribution is -2.14. The Kier molecular flexibility index (Phi) is 6.46. The van der Waals surface area contributed by atoms with Gasteiger partial charge in [0.15, 0.2) is 11.5 Å². The van der Waals surface area contributed by atoms with Crippen molar-refractivity contribution >= 4 is 21.7 Å². The van der Waals surface area contributed by atoms with Crippen molar-refractivity contribution in [2.75, 3.05) is 25.0 Å². The van der Waals surface area contributed by atoms with Gasteiger partial charge < -0.3 is 14.2 Å².